The summed E-state index contributed by atoms with van der Waals surface area (Å²) < 4.78 is 12.1. The predicted molar refractivity (Wildman–Crippen MR) is 76.0 cm³/mol. The first-order valence-electron chi connectivity index (χ1n) is 6.86. The number of hydrogen-bond donors (Lipinski definition) is 0. The maximum atomic E-state index is 6.07. The average Bonchev–Trinajstić information content (AvgIpc) is 2.30. The Morgan fingerprint density at radius 2 is 2.18 bits per heavy atom. The number of hydrogen-bond acceptors (Lipinski definition) is 2. The average molecular weight is 256 g/mol. The number of rotatable bonds is 6. The van der Waals surface area contributed by atoms with Gasteiger partial charge in [0.05, 0.1) is 12.7 Å². The first-order valence-corrected chi connectivity index (χ1v) is 8.72. The van der Waals surface area contributed by atoms with Crippen LogP contribution in [0.2, 0.25) is 11.1 Å². The van der Waals surface area contributed by atoms with Gasteiger partial charge in [-0.1, -0.05) is 39.3 Å². The molecule has 1 heterocycles. The Bertz CT molecular complexity index is 245. The molecule has 2 atom stereocenters. The SMILES string of the molecule is C=C(C)COC(CC)C(C)(C)[SiH]1CCCCO1. The monoisotopic (exact) mass is 256 g/mol. The third-order valence-corrected chi connectivity index (χ3v) is 7.34. The van der Waals surface area contributed by atoms with Gasteiger partial charge in [0.15, 0.2) is 9.04 Å². The molecule has 3 heteroatoms. The minimum absolute atomic E-state index is 0.227. The molecule has 0 radical (unpaired) electrons. The molecule has 0 N–H and O–H groups in total. The molecule has 0 aliphatic carbocycles. The molecule has 0 aromatic rings. The van der Waals surface area contributed by atoms with E-state index >= 15 is 0 Å². The summed E-state index contributed by atoms with van der Waals surface area (Å²) in [4.78, 5) is 0. The van der Waals surface area contributed by atoms with Gasteiger partial charge in [0.2, 0.25) is 0 Å². The molecule has 2 nitrogen and oxygen atoms in total. The minimum atomic E-state index is -1.13. The van der Waals surface area contributed by atoms with Crippen molar-refractivity contribution in [3.63, 3.8) is 0 Å². The quantitative estimate of drug-likeness (QED) is 0.533. The molecule has 0 amide bonds. The highest BCUT2D eigenvalue weighted by molar-refractivity contribution is 6.55. The largest absolute Gasteiger partial charge is 0.419 e. The Balaban J connectivity index is 2.59. The zero-order valence-corrected chi connectivity index (χ0v) is 13.1. The maximum Gasteiger partial charge on any atom is 0.185 e. The van der Waals surface area contributed by atoms with Gasteiger partial charge in [0.1, 0.15) is 0 Å². The van der Waals surface area contributed by atoms with E-state index in [2.05, 4.69) is 27.4 Å². The van der Waals surface area contributed by atoms with Gasteiger partial charge in [-0.05, 0) is 25.8 Å². The van der Waals surface area contributed by atoms with Crippen LogP contribution >= 0.6 is 0 Å². The molecule has 0 aromatic heterocycles. The lowest BCUT2D eigenvalue weighted by Crippen LogP contribution is -2.43. The standard InChI is InChI=1S/C14H28O2Si/c1-6-13(15-11-12(2)3)14(4,5)17-10-8-7-9-16-17/h13,17H,2,6-11H2,1,3-5H3. The number of ether oxygens (including phenoxy) is 1. The van der Waals surface area contributed by atoms with Crippen LogP contribution in [0, 0.1) is 0 Å². The molecule has 0 spiro atoms. The van der Waals surface area contributed by atoms with Crippen LogP contribution < -0.4 is 0 Å². The molecule has 0 aromatic carbocycles. The van der Waals surface area contributed by atoms with E-state index in [4.69, 9.17) is 9.16 Å². The van der Waals surface area contributed by atoms with E-state index in [1.54, 1.807) is 0 Å². The van der Waals surface area contributed by atoms with Crippen LogP contribution in [0.25, 0.3) is 0 Å². The first kappa shape index (κ1) is 14.9. The zero-order chi connectivity index (χ0) is 12.9. The second kappa shape index (κ2) is 6.71. The molecular weight excluding hydrogens is 228 g/mol. The van der Waals surface area contributed by atoms with Gasteiger partial charge in [0, 0.05) is 11.6 Å². The summed E-state index contributed by atoms with van der Waals surface area (Å²) in [7, 11) is -1.13. The summed E-state index contributed by atoms with van der Waals surface area (Å²) in [6.45, 7) is 14.5. The van der Waals surface area contributed by atoms with Crippen molar-refractivity contribution in [3.05, 3.63) is 12.2 Å². The van der Waals surface area contributed by atoms with Gasteiger partial charge in [-0.2, -0.15) is 0 Å². The first-order chi connectivity index (χ1) is 7.98. The summed E-state index contributed by atoms with van der Waals surface area (Å²) >= 11 is 0. The van der Waals surface area contributed by atoms with Crippen molar-refractivity contribution in [2.24, 2.45) is 0 Å². The maximum absolute atomic E-state index is 6.07. The van der Waals surface area contributed by atoms with E-state index in [0.717, 1.165) is 18.6 Å². The van der Waals surface area contributed by atoms with E-state index < -0.39 is 9.04 Å². The molecular formula is C14H28O2Si. The van der Waals surface area contributed by atoms with E-state index in [1.165, 1.54) is 18.9 Å². The summed E-state index contributed by atoms with van der Waals surface area (Å²) in [5, 5.41) is 0.227. The van der Waals surface area contributed by atoms with Gasteiger partial charge in [-0.25, -0.2) is 0 Å². The second-order valence-corrected chi connectivity index (χ2v) is 9.22. The van der Waals surface area contributed by atoms with Gasteiger partial charge < -0.3 is 9.16 Å². The lowest BCUT2D eigenvalue weighted by molar-refractivity contribution is 0.0319. The summed E-state index contributed by atoms with van der Waals surface area (Å²) in [6, 6.07) is 1.31. The third kappa shape index (κ3) is 4.23. The molecule has 1 saturated heterocycles. The predicted octanol–water partition coefficient (Wildman–Crippen LogP) is 3.67. The van der Waals surface area contributed by atoms with E-state index in [9.17, 15) is 0 Å². The summed E-state index contributed by atoms with van der Waals surface area (Å²) in [5.74, 6) is 0. The van der Waals surface area contributed by atoms with Crippen LogP contribution in [0.3, 0.4) is 0 Å². The van der Waals surface area contributed by atoms with Gasteiger partial charge in [0.25, 0.3) is 0 Å². The third-order valence-electron chi connectivity index (χ3n) is 3.74. The van der Waals surface area contributed by atoms with Crippen LogP contribution in [0.1, 0.15) is 47.0 Å². The van der Waals surface area contributed by atoms with Crippen molar-refractivity contribution in [1.29, 1.82) is 0 Å². The van der Waals surface area contributed by atoms with Crippen LogP contribution in [-0.2, 0) is 9.16 Å². The van der Waals surface area contributed by atoms with Crippen LogP contribution in [0.4, 0.5) is 0 Å². The Hall–Kier alpha value is -0.123. The fraction of sp³-hybridized carbons (Fsp3) is 0.857. The molecule has 2 unspecified atom stereocenters. The molecule has 100 valence electrons. The Morgan fingerprint density at radius 1 is 1.47 bits per heavy atom. The molecule has 1 aliphatic heterocycles. The summed E-state index contributed by atoms with van der Waals surface area (Å²) in [6.07, 6.45) is 3.96. The van der Waals surface area contributed by atoms with Gasteiger partial charge >= 0.3 is 0 Å². The lowest BCUT2D eigenvalue weighted by Gasteiger charge is -2.40. The van der Waals surface area contributed by atoms with Crippen molar-refractivity contribution in [3.8, 4) is 0 Å². The molecule has 1 aliphatic rings. The molecule has 17 heavy (non-hydrogen) atoms. The van der Waals surface area contributed by atoms with Gasteiger partial charge in [-0.15, -0.1) is 0 Å². The van der Waals surface area contributed by atoms with Crippen molar-refractivity contribution >= 4 is 9.04 Å². The Morgan fingerprint density at radius 3 is 2.65 bits per heavy atom. The molecule has 0 bridgehead atoms. The van der Waals surface area contributed by atoms with Crippen molar-refractivity contribution in [2.45, 2.75) is 64.1 Å². The van der Waals surface area contributed by atoms with E-state index in [1.807, 2.05) is 6.92 Å². The molecule has 1 fully saturated rings. The van der Waals surface area contributed by atoms with Crippen molar-refractivity contribution in [2.75, 3.05) is 13.2 Å². The Kier molecular flexibility index (Phi) is 5.90. The van der Waals surface area contributed by atoms with E-state index in [-0.39, 0.29) is 5.04 Å². The normalized spacial score (nSPS) is 23.4. The van der Waals surface area contributed by atoms with Crippen LogP contribution in [-0.4, -0.2) is 28.4 Å². The fourth-order valence-corrected chi connectivity index (χ4v) is 5.83. The minimum Gasteiger partial charge on any atom is -0.419 e. The molecule has 0 saturated carbocycles. The highest BCUT2D eigenvalue weighted by atomic mass is 28.3. The van der Waals surface area contributed by atoms with Crippen LogP contribution in [0.15, 0.2) is 12.2 Å². The molecule has 1 rings (SSSR count). The van der Waals surface area contributed by atoms with Crippen molar-refractivity contribution in [1.82, 2.24) is 0 Å². The summed E-state index contributed by atoms with van der Waals surface area (Å²) in [5.41, 5.74) is 1.10. The highest BCUT2D eigenvalue weighted by Gasteiger charge is 2.40. The zero-order valence-electron chi connectivity index (χ0n) is 11.9. The van der Waals surface area contributed by atoms with Crippen molar-refractivity contribution < 1.29 is 9.16 Å². The Labute approximate surface area is 108 Å². The topological polar surface area (TPSA) is 18.5 Å². The van der Waals surface area contributed by atoms with Gasteiger partial charge in [-0.3, -0.25) is 0 Å². The second-order valence-electron chi connectivity index (χ2n) is 5.84. The fourth-order valence-electron chi connectivity index (χ4n) is 2.64. The highest BCUT2D eigenvalue weighted by Crippen LogP contribution is 2.40. The lowest BCUT2D eigenvalue weighted by atomic mass is 10.0. The van der Waals surface area contributed by atoms with Crippen LogP contribution in [0.5, 0.6) is 0 Å². The smallest absolute Gasteiger partial charge is 0.185 e. The van der Waals surface area contributed by atoms with E-state index in [0.29, 0.717) is 12.7 Å².